The molecule has 3 rings (SSSR count). The number of carbonyl (C=O) groups excluding carboxylic acids is 1. The molecule has 26 heavy (non-hydrogen) atoms. The van der Waals surface area contributed by atoms with E-state index in [0.717, 1.165) is 12.2 Å². The number of fused-ring (bicyclic) bond motifs is 1. The number of aromatic nitrogens is 2. The van der Waals surface area contributed by atoms with Crippen molar-refractivity contribution in [2.24, 2.45) is 0 Å². The van der Waals surface area contributed by atoms with Gasteiger partial charge in [0.25, 0.3) is 5.91 Å². The molecule has 0 atom stereocenters. The molecule has 3 N–H and O–H groups in total. The third-order valence-corrected chi connectivity index (χ3v) is 4.45. The monoisotopic (exact) mass is 372 g/mol. The smallest absolute Gasteiger partial charge is 0.253 e. The molecule has 0 aliphatic heterocycles. The van der Waals surface area contributed by atoms with Gasteiger partial charge in [-0.15, -0.1) is 0 Å². The average Bonchev–Trinajstić information content (AvgIpc) is 2.97. The maximum absolute atomic E-state index is 13.8. The summed E-state index contributed by atoms with van der Waals surface area (Å²) in [5, 5.41) is 2.86. The molecule has 1 amide bonds. The van der Waals surface area contributed by atoms with E-state index in [1.807, 2.05) is 12.1 Å². The number of benzene rings is 2. The summed E-state index contributed by atoms with van der Waals surface area (Å²) in [4.78, 5) is 20.4. The van der Waals surface area contributed by atoms with Crippen LogP contribution in [0.15, 0.2) is 36.4 Å². The minimum absolute atomic E-state index is 0.242. The van der Waals surface area contributed by atoms with Crippen molar-refractivity contribution in [1.29, 1.82) is 0 Å². The van der Waals surface area contributed by atoms with Crippen molar-refractivity contribution in [3.05, 3.63) is 58.1 Å². The van der Waals surface area contributed by atoms with Crippen LogP contribution in [0.5, 0.6) is 0 Å². The van der Waals surface area contributed by atoms with Crippen molar-refractivity contribution in [2.45, 2.75) is 13.8 Å². The second kappa shape index (κ2) is 7.70. The summed E-state index contributed by atoms with van der Waals surface area (Å²) >= 11 is 5.03. The minimum Gasteiger partial charge on any atom is -0.370 e. The van der Waals surface area contributed by atoms with Gasteiger partial charge in [0.2, 0.25) is 0 Å². The Morgan fingerprint density at radius 1 is 1.27 bits per heavy atom. The lowest BCUT2D eigenvalue weighted by Gasteiger charge is -2.23. The van der Waals surface area contributed by atoms with E-state index in [4.69, 9.17) is 12.2 Å². The van der Waals surface area contributed by atoms with Gasteiger partial charge in [0.15, 0.2) is 4.77 Å². The number of carbonyl (C=O) groups is 1. The van der Waals surface area contributed by atoms with Gasteiger partial charge in [-0.1, -0.05) is 12.1 Å². The lowest BCUT2D eigenvalue weighted by Crippen LogP contribution is -2.35. The van der Waals surface area contributed by atoms with Gasteiger partial charge in [0.05, 0.1) is 16.6 Å². The van der Waals surface area contributed by atoms with Crippen LogP contribution in [0.25, 0.3) is 11.0 Å². The standard InChI is InChI=1S/C19H21FN4OS/c1-3-24(14-6-4-5-12(2)9-14)8-7-21-18(25)15-10-13(20)11-16-17(15)23-19(26)22-16/h4-6,9-11H,3,7-8H2,1-2H3,(H,21,25)(H2,22,23,26). The van der Waals surface area contributed by atoms with Crippen molar-refractivity contribution in [2.75, 3.05) is 24.5 Å². The Hall–Kier alpha value is -2.67. The van der Waals surface area contributed by atoms with E-state index in [9.17, 15) is 9.18 Å². The molecule has 3 aromatic rings. The lowest BCUT2D eigenvalue weighted by atomic mass is 10.1. The van der Waals surface area contributed by atoms with Gasteiger partial charge in [-0.3, -0.25) is 4.79 Å². The molecule has 1 heterocycles. The number of halogens is 1. The zero-order chi connectivity index (χ0) is 18.7. The Balaban J connectivity index is 1.70. The number of likely N-dealkylation sites (N-methyl/N-ethyl adjacent to an activating group) is 1. The predicted octanol–water partition coefficient (Wildman–Crippen LogP) is 3.93. The van der Waals surface area contributed by atoms with Gasteiger partial charge in [-0.05, 0) is 55.9 Å². The Morgan fingerprint density at radius 3 is 2.81 bits per heavy atom. The van der Waals surface area contributed by atoms with Crippen LogP contribution in [0.3, 0.4) is 0 Å². The van der Waals surface area contributed by atoms with Crippen molar-refractivity contribution in [3.63, 3.8) is 0 Å². The first-order valence-corrected chi connectivity index (χ1v) is 8.90. The van der Waals surface area contributed by atoms with Gasteiger partial charge in [0, 0.05) is 25.3 Å². The van der Waals surface area contributed by atoms with E-state index in [2.05, 4.69) is 46.2 Å². The number of hydrogen-bond donors (Lipinski definition) is 3. The molecule has 0 saturated carbocycles. The molecule has 0 fully saturated rings. The minimum atomic E-state index is -0.483. The molecule has 0 aliphatic carbocycles. The molecular weight excluding hydrogens is 351 g/mol. The Kier molecular flexibility index (Phi) is 5.37. The van der Waals surface area contributed by atoms with Crippen molar-refractivity contribution in [1.82, 2.24) is 15.3 Å². The molecule has 0 aliphatic rings. The molecule has 0 bridgehead atoms. The molecule has 0 radical (unpaired) electrons. The summed E-state index contributed by atoms with van der Waals surface area (Å²) in [7, 11) is 0. The number of nitrogens with one attached hydrogen (secondary N) is 3. The topological polar surface area (TPSA) is 63.9 Å². The van der Waals surface area contributed by atoms with Crippen LogP contribution in [0.2, 0.25) is 0 Å². The van der Waals surface area contributed by atoms with E-state index in [1.54, 1.807) is 0 Å². The van der Waals surface area contributed by atoms with Gasteiger partial charge in [-0.25, -0.2) is 4.39 Å². The molecule has 0 unspecified atom stereocenters. The first-order valence-electron chi connectivity index (χ1n) is 8.49. The molecule has 0 saturated heterocycles. The molecule has 136 valence electrons. The molecule has 1 aromatic heterocycles. The quantitative estimate of drug-likeness (QED) is 0.575. The fourth-order valence-corrected chi connectivity index (χ4v) is 3.19. The number of H-pyrrole nitrogens is 2. The SMILES string of the molecule is CCN(CCNC(=O)c1cc(F)cc2[nH]c(=S)[nH]c12)c1cccc(C)c1. The maximum atomic E-state index is 13.8. The Bertz CT molecular complexity index is 995. The molecular formula is C19H21FN4OS. The summed E-state index contributed by atoms with van der Waals surface area (Å²) in [6.45, 7) is 6.06. The van der Waals surface area contributed by atoms with Crippen molar-refractivity contribution >= 4 is 34.8 Å². The van der Waals surface area contributed by atoms with Crippen LogP contribution < -0.4 is 10.2 Å². The average molecular weight is 372 g/mol. The number of aryl methyl sites for hydroxylation is 1. The fraction of sp³-hybridized carbons (Fsp3) is 0.263. The van der Waals surface area contributed by atoms with Crippen LogP contribution in [0.4, 0.5) is 10.1 Å². The number of imidazole rings is 1. The highest BCUT2D eigenvalue weighted by atomic mass is 32.1. The second-order valence-corrected chi connectivity index (χ2v) is 6.54. The van der Waals surface area contributed by atoms with Gasteiger partial charge < -0.3 is 20.2 Å². The van der Waals surface area contributed by atoms with Crippen molar-refractivity contribution in [3.8, 4) is 0 Å². The second-order valence-electron chi connectivity index (χ2n) is 6.13. The Morgan fingerprint density at radius 2 is 2.08 bits per heavy atom. The fourth-order valence-electron chi connectivity index (χ4n) is 2.98. The van der Waals surface area contributed by atoms with Crippen molar-refractivity contribution < 1.29 is 9.18 Å². The zero-order valence-electron chi connectivity index (χ0n) is 14.7. The van der Waals surface area contributed by atoms with Crippen LogP contribution in [-0.4, -0.2) is 35.5 Å². The molecule has 5 nitrogen and oxygen atoms in total. The molecule has 2 aromatic carbocycles. The number of amides is 1. The van der Waals surface area contributed by atoms with Gasteiger partial charge >= 0.3 is 0 Å². The number of nitrogens with zero attached hydrogens (tertiary/aromatic N) is 1. The summed E-state index contributed by atoms with van der Waals surface area (Å²) in [6.07, 6.45) is 0. The number of rotatable bonds is 6. The first kappa shape index (κ1) is 18.1. The Labute approximate surface area is 156 Å². The number of anilines is 1. The van der Waals surface area contributed by atoms with E-state index in [1.165, 1.54) is 17.7 Å². The first-order chi connectivity index (χ1) is 12.5. The normalized spacial score (nSPS) is 10.9. The largest absolute Gasteiger partial charge is 0.370 e. The molecule has 7 heteroatoms. The third-order valence-electron chi connectivity index (χ3n) is 4.25. The van der Waals surface area contributed by atoms with E-state index >= 15 is 0 Å². The summed E-state index contributed by atoms with van der Waals surface area (Å²) in [5.74, 6) is -0.817. The molecule has 0 spiro atoms. The van der Waals surface area contributed by atoms with E-state index in [-0.39, 0.29) is 11.5 Å². The lowest BCUT2D eigenvalue weighted by molar-refractivity contribution is 0.0955. The van der Waals surface area contributed by atoms with Gasteiger partial charge in [0.1, 0.15) is 5.82 Å². The van der Waals surface area contributed by atoms with Crippen LogP contribution in [-0.2, 0) is 0 Å². The van der Waals surface area contributed by atoms with E-state index in [0.29, 0.717) is 28.9 Å². The van der Waals surface area contributed by atoms with Crippen LogP contribution >= 0.6 is 12.2 Å². The highest BCUT2D eigenvalue weighted by molar-refractivity contribution is 7.71. The van der Waals surface area contributed by atoms with Crippen LogP contribution in [0, 0.1) is 17.5 Å². The summed E-state index contributed by atoms with van der Waals surface area (Å²) < 4.78 is 14.1. The summed E-state index contributed by atoms with van der Waals surface area (Å²) in [6, 6.07) is 10.8. The maximum Gasteiger partial charge on any atom is 0.253 e. The third kappa shape index (κ3) is 3.94. The van der Waals surface area contributed by atoms with Gasteiger partial charge in [-0.2, -0.15) is 0 Å². The number of hydrogen-bond acceptors (Lipinski definition) is 3. The zero-order valence-corrected chi connectivity index (χ0v) is 15.5. The highest BCUT2D eigenvalue weighted by Crippen LogP contribution is 2.18. The van der Waals surface area contributed by atoms with Crippen LogP contribution in [0.1, 0.15) is 22.8 Å². The highest BCUT2D eigenvalue weighted by Gasteiger charge is 2.14. The summed E-state index contributed by atoms with van der Waals surface area (Å²) in [5.41, 5.74) is 3.54. The van der Waals surface area contributed by atoms with E-state index < -0.39 is 5.82 Å². The number of aromatic amines is 2. The predicted molar refractivity (Wildman–Crippen MR) is 105 cm³/mol.